The molecule has 0 spiro atoms. The van der Waals surface area contributed by atoms with E-state index in [9.17, 15) is 4.79 Å². The first-order valence-corrected chi connectivity index (χ1v) is 5.13. The number of halogens is 1. The maximum absolute atomic E-state index is 11.3. The summed E-state index contributed by atoms with van der Waals surface area (Å²) in [7, 11) is 0. The summed E-state index contributed by atoms with van der Waals surface area (Å²) in [5, 5.41) is 0. The molecule has 0 bridgehead atoms. The van der Waals surface area contributed by atoms with Gasteiger partial charge in [0.05, 0.1) is 12.2 Å². The van der Waals surface area contributed by atoms with Crippen LogP contribution in [0.25, 0.3) is 0 Å². The van der Waals surface area contributed by atoms with Crippen LogP contribution in [-0.4, -0.2) is 12.6 Å². The highest BCUT2D eigenvalue weighted by molar-refractivity contribution is 6.17. The van der Waals surface area contributed by atoms with Crippen molar-refractivity contribution in [2.45, 2.75) is 19.2 Å². The van der Waals surface area contributed by atoms with Crippen molar-refractivity contribution in [2.24, 2.45) is 0 Å². The van der Waals surface area contributed by atoms with Gasteiger partial charge in [0, 0.05) is 5.88 Å². The van der Waals surface area contributed by atoms with Crippen molar-refractivity contribution in [2.75, 3.05) is 6.61 Å². The van der Waals surface area contributed by atoms with Crippen molar-refractivity contribution in [1.29, 1.82) is 0 Å². The van der Waals surface area contributed by atoms with Gasteiger partial charge >= 0.3 is 5.97 Å². The number of hydrogen-bond donors (Lipinski definition) is 0. The molecule has 0 N–H and O–H groups in total. The Balaban J connectivity index is 2.62. The van der Waals surface area contributed by atoms with E-state index in [-0.39, 0.29) is 5.97 Å². The number of benzene rings is 1. The summed E-state index contributed by atoms with van der Waals surface area (Å²) < 4.78 is 4.98. The lowest BCUT2D eigenvalue weighted by atomic mass is 10.1. The van der Waals surface area contributed by atoms with Crippen LogP contribution in [-0.2, 0) is 10.6 Å². The van der Waals surface area contributed by atoms with Gasteiger partial charge in [0.15, 0.2) is 0 Å². The van der Waals surface area contributed by atoms with Crippen molar-refractivity contribution in [3.05, 3.63) is 35.4 Å². The molecule has 3 heteroatoms. The normalized spacial score (nSPS) is 9.86. The summed E-state index contributed by atoms with van der Waals surface area (Å²) in [4.78, 5) is 11.3. The predicted molar refractivity (Wildman–Crippen MR) is 56.6 cm³/mol. The Morgan fingerprint density at radius 2 is 2.00 bits per heavy atom. The molecule has 0 heterocycles. The van der Waals surface area contributed by atoms with E-state index in [4.69, 9.17) is 16.3 Å². The Bertz CT molecular complexity index is 293. The van der Waals surface area contributed by atoms with Crippen LogP contribution in [0, 0.1) is 0 Å². The Morgan fingerprint density at radius 3 is 2.50 bits per heavy atom. The van der Waals surface area contributed by atoms with Gasteiger partial charge in [-0.3, -0.25) is 0 Å². The van der Waals surface area contributed by atoms with E-state index in [1.807, 2.05) is 19.1 Å². The molecule has 14 heavy (non-hydrogen) atoms. The van der Waals surface area contributed by atoms with Gasteiger partial charge in [-0.25, -0.2) is 4.79 Å². The lowest BCUT2D eigenvalue weighted by Crippen LogP contribution is -2.05. The van der Waals surface area contributed by atoms with Gasteiger partial charge in [-0.1, -0.05) is 19.1 Å². The van der Waals surface area contributed by atoms with E-state index in [0.29, 0.717) is 18.1 Å². The van der Waals surface area contributed by atoms with E-state index >= 15 is 0 Å². The number of hydrogen-bond acceptors (Lipinski definition) is 2. The van der Waals surface area contributed by atoms with Crippen LogP contribution < -0.4 is 0 Å². The van der Waals surface area contributed by atoms with Crippen molar-refractivity contribution in [3.63, 3.8) is 0 Å². The lowest BCUT2D eigenvalue weighted by molar-refractivity contribution is 0.0505. The number of carbonyl (C=O) groups is 1. The molecule has 1 aromatic carbocycles. The molecule has 0 aromatic heterocycles. The molecule has 0 aliphatic rings. The molecule has 0 unspecified atom stereocenters. The molecule has 0 saturated carbocycles. The molecular formula is C11H13ClO2. The molecule has 1 aromatic rings. The average Bonchev–Trinajstić information content (AvgIpc) is 2.26. The fourth-order valence-corrected chi connectivity index (χ4v) is 1.19. The SMILES string of the molecule is CCCOC(=O)c1ccc(CCl)cc1. The summed E-state index contributed by atoms with van der Waals surface area (Å²) in [6, 6.07) is 7.12. The third kappa shape index (κ3) is 3.04. The second-order valence-electron chi connectivity index (χ2n) is 2.97. The fourth-order valence-electron chi connectivity index (χ4n) is 1.01. The Kier molecular flexibility index (Phi) is 4.47. The maximum atomic E-state index is 11.3. The average molecular weight is 213 g/mol. The van der Waals surface area contributed by atoms with Gasteiger partial charge in [0.2, 0.25) is 0 Å². The van der Waals surface area contributed by atoms with Gasteiger partial charge < -0.3 is 4.74 Å². The summed E-state index contributed by atoms with van der Waals surface area (Å²) in [6.45, 7) is 2.43. The third-order valence-electron chi connectivity index (χ3n) is 1.78. The molecule has 2 nitrogen and oxygen atoms in total. The summed E-state index contributed by atoms with van der Waals surface area (Å²) in [5.41, 5.74) is 1.58. The molecule has 0 aliphatic carbocycles. The van der Waals surface area contributed by atoms with E-state index in [1.165, 1.54) is 0 Å². The first-order valence-electron chi connectivity index (χ1n) is 4.60. The fraction of sp³-hybridized carbons (Fsp3) is 0.364. The Labute approximate surface area is 88.8 Å². The zero-order valence-electron chi connectivity index (χ0n) is 8.13. The van der Waals surface area contributed by atoms with Crippen LogP contribution in [0.5, 0.6) is 0 Å². The monoisotopic (exact) mass is 212 g/mol. The van der Waals surface area contributed by atoms with Crippen LogP contribution >= 0.6 is 11.6 Å². The van der Waals surface area contributed by atoms with E-state index < -0.39 is 0 Å². The minimum atomic E-state index is -0.270. The largest absolute Gasteiger partial charge is 0.462 e. The molecule has 0 radical (unpaired) electrons. The quantitative estimate of drug-likeness (QED) is 0.567. The topological polar surface area (TPSA) is 26.3 Å². The maximum Gasteiger partial charge on any atom is 0.338 e. The third-order valence-corrected chi connectivity index (χ3v) is 2.09. The minimum absolute atomic E-state index is 0.270. The predicted octanol–water partition coefficient (Wildman–Crippen LogP) is 2.99. The Morgan fingerprint density at radius 1 is 1.36 bits per heavy atom. The molecule has 0 atom stereocenters. The van der Waals surface area contributed by atoms with Crippen LogP contribution in [0.2, 0.25) is 0 Å². The van der Waals surface area contributed by atoms with Gasteiger partial charge in [-0.15, -0.1) is 11.6 Å². The standard InChI is InChI=1S/C11H13ClO2/c1-2-7-14-11(13)10-5-3-9(8-12)4-6-10/h3-6H,2,7-8H2,1H3. The van der Waals surface area contributed by atoms with Crippen molar-refractivity contribution in [3.8, 4) is 0 Å². The van der Waals surface area contributed by atoms with Crippen molar-refractivity contribution in [1.82, 2.24) is 0 Å². The highest BCUT2D eigenvalue weighted by atomic mass is 35.5. The highest BCUT2D eigenvalue weighted by Crippen LogP contribution is 2.08. The number of ether oxygens (including phenoxy) is 1. The van der Waals surface area contributed by atoms with E-state index in [0.717, 1.165) is 12.0 Å². The van der Waals surface area contributed by atoms with Gasteiger partial charge in [0.25, 0.3) is 0 Å². The molecule has 0 saturated heterocycles. The van der Waals surface area contributed by atoms with Crippen LogP contribution in [0.3, 0.4) is 0 Å². The minimum Gasteiger partial charge on any atom is -0.462 e. The lowest BCUT2D eigenvalue weighted by Gasteiger charge is -2.03. The molecule has 0 aliphatic heterocycles. The summed E-state index contributed by atoms with van der Waals surface area (Å²) >= 11 is 5.63. The first-order chi connectivity index (χ1) is 6.77. The van der Waals surface area contributed by atoms with Gasteiger partial charge in [-0.05, 0) is 24.1 Å². The second-order valence-corrected chi connectivity index (χ2v) is 3.23. The van der Waals surface area contributed by atoms with Crippen LogP contribution in [0.15, 0.2) is 24.3 Å². The molecule has 0 fully saturated rings. The van der Waals surface area contributed by atoms with Crippen LogP contribution in [0.4, 0.5) is 0 Å². The number of alkyl halides is 1. The summed E-state index contributed by atoms with van der Waals surface area (Å²) in [5.74, 6) is 0.192. The molecule has 76 valence electrons. The molecule has 1 rings (SSSR count). The highest BCUT2D eigenvalue weighted by Gasteiger charge is 2.05. The molecular weight excluding hydrogens is 200 g/mol. The smallest absolute Gasteiger partial charge is 0.338 e. The van der Waals surface area contributed by atoms with E-state index in [1.54, 1.807) is 12.1 Å². The van der Waals surface area contributed by atoms with Gasteiger partial charge in [0.1, 0.15) is 0 Å². The summed E-state index contributed by atoms with van der Waals surface area (Å²) in [6.07, 6.45) is 0.839. The van der Waals surface area contributed by atoms with Gasteiger partial charge in [-0.2, -0.15) is 0 Å². The van der Waals surface area contributed by atoms with Crippen molar-refractivity contribution >= 4 is 17.6 Å². The number of rotatable bonds is 4. The zero-order valence-corrected chi connectivity index (χ0v) is 8.88. The molecule has 0 amide bonds. The van der Waals surface area contributed by atoms with Crippen LogP contribution in [0.1, 0.15) is 29.3 Å². The zero-order chi connectivity index (χ0) is 10.4. The number of esters is 1. The number of carbonyl (C=O) groups excluding carboxylic acids is 1. The van der Waals surface area contributed by atoms with Crippen molar-refractivity contribution < 1.29 is 9.53 Å². The van der Waals surface area contributed by atoms with E-state index in [2.05, 4.69) is 0 Å². The second kappa shape index (κ2) is 5.66. The first kappa shape index (κ1) is 11.1. The Hall–Kier alpha value is -1.02.